The van der Waals surface area contributed by atoms with Gasteiger partial charge in [-0.3, -0.25) is 4.79 Å². The number of amides is 1. The molecule has 1 saturated carbocycles. The lowest BCUT2D eigenvalue weighted by Crippen LogP contribution is -2.48. The van der Waals surface area contributed by atoms with Crippen molar-refractivity contribution in [3.63, 3.8) is 0 Å². The van der Waals surface area contributed by atoms with Gasteiger partial charge in [0.25, 0.3) is 0 Å². The zero-order chi connectivity index (χ0) is 12.2. The van der Waals surface area contributed by atoms with E-state index in [0.717, 1.165) is 13.5 Å². The van der Waals surface area contributed by atoms with Crippen molar-refractivity contribution in [3.05, 3.63) is 0 Å². The molecule has 0 aromatic rings. The third kappa shape index (κ3) is 4.59. The summed E-state index contributed by atoms with van der Waals surface area (Å²) in [7, 11) is 0. The van der Waals surface area contributed by atoms with E-state index < -0.39 is 11.6 Å². The summed E-state index contributed by atoms with van der Waals surface area (Å²) in [5.74, 6) is -0.962. The van der Waals surface area contributed by atoms with Gasteiger partial charge in [0.1, 0.15) is 0 Å². The van der Waals surface area contributed by atoms with E-state index in [9.17, 15) is 14.7 Å². The summed E-state index contributed by atoms with van der Waals surface area (Å²) in [5.41, 5.74) is -1.91. The van der Waals surface area contributed by atoms with Gasteiger partial charge >= 0.3 is 5.97 Å². The fraction of sp³-hybridized carbons (Fsp3) is 0.800. The molecule has 1 fully saturated rings. The molecule has 4 N–H and O–H groups in total. The van der Waals surface area contributed by atoms with Crippen molar-refractivity contribution in [1.29, 1.82) is 0 Å². The van der Waals surface area contributed by atoms with Crippen LogP contribution in [-0.2, 0) is 9.59 Å². The van der Waals surface area contributed by atoms with E-state index >= 15 is 0 Å². The number of aliphatic carboxylic acids is 1. The van der Waals surface area contributed by atoms with Crippen LogP contribution in [0.3, 0.4) is 0 Å². The predicted molar refractivity (Wildman–Crippen MR) is 56.9 cm³/mol. The van der Waals surface area contributed by atoms with Crippen LogP contribution in [0.5, 0.6) is 0 Å². The largest absolute Gasteiger partial charge is 0.479 e. The van der Waals surface area contributed by atoms with Gasteiger partial charge in [0.15, 0.2) is 5.60 Å². The van der Waals surface area contributed by atoms with Gasteiger partial charge < -0.3 is 20.8 Å². The van der Waals surface area contributed by atoms with E-state index in [1.54, 1.807) is 0 Å². The normalized spacial score (nSPS) is 18.9. The number of nitrogens with one attached hydrogen (secondary N) is 2. The van der Waals surface area contributed by atoms with Crippen LogP contribution in [0.1, 0.15) is 19.8 Å². The number of carbonyl (C=O) groups is 2. The van der Waals surface area contributed by atoms with Crippen LogP contribution in [0.15, 0.2) is 0 Å². The Morgan fingerprint density at radius 1 is 1.44 bits per heavy atom. The van der Waals surface area contributed by atoms with Crippen molar-refractivity contribution < 1.29 is 19.8 Å². The molecule has 6 heteroatoms. The van der Waals surface area contributed by atoms with Crippen molar-refractivity contribution in [2.45, 2.75) is 25.4 Å². The highest BCUT2D eigenvalue weighted by molar-refractivity contribution is 5.81. The van der Waals surface area contributed by atoms with Crippen LogP contribution in [0, 0.1) is 5.92 Å². The number of carboxylic acid groups (broad SMARTS) is 1. The maximum absolute atomic E-state index is 11.2. The molecule has 6 nitrogen and oxygen atoms in total. The molecule has 1 aliphatic rings. The molecule has 16 heavy (non-hydrogen) atoms. The topological polar surface area (TPSA) is 98.7 Å². The van der Waals surface area contributed by atoms with Gasteiger partial charge in [-0.25, -0.2) is 4.79 Å². The summed E-state index contributed by atoms with van der Waals surface area (Å²) in [6.07, 6.45) is 2.42. The Hall–Kier alpha value is -1.14. The number of hydrogen-bond acceptors (Lipinski definition) is 4. The Bertz CT molecular complexity index is 274. The second-order valence-corrected chi connectivity index (χ2v) is 4.43. The monoisotopic (exact) mass is 230 g/mol. The molecule has 1 aliphatic carbocycles. The quantitative estimate of drug-likeness (QED) is 0.447. The smallest absolute Gasteiger partial charge is 0.337 e. The Labute approximate surface area is 94.0 Å². The fourth-order valence-corrected chi connectivity index (χ4v) is 1.12. The molecule has 0 radical (unpaired) electrons. The standard InChI is InChI=1S/C10H18N2O4/c1-10(16,9(14)15)6-12-8(13)5-11-4-7-2-3-7/h7,11,16H,2-6H2,1H3,(H,12,13)(H,14,15). The van der Waals surface area contributed by atoms with E-state index in [0.29, 0.717) is 5.92 Å². The number of hydrogen-bond donors (Lipinski definition) is 4. The molecule has 0 heterocycles. The highest BCUT2D eigenvalue weighted by Gasteiger charge is 2.30. The third-order valence-electron chi connectivity index (χ3n) is 2.51. The van der Waals surface area contributed by atoms with Crippen molar-refractivity contribution in [3.8, 4) is 0 Å². The van der Waals surface area contributed by atoms with Crippen LogP contribution in [0.25, 0.3) is 0 Å². The summed E-state index contributed by atoms with van der Waals surface area (Å²) in [4.78, 5) is 21.8. The van der Waals surface area contributed by atoms with Crippen LogP contribution in [0.4, 0.5) is 0 Å². The van der Waals surface area contributed by atoms with Crippen molar-refractivity contribution >= 4 is 11.9 Å². The summed E-state index contributed by atoms with van der Waals surface area (Å²) in [5, 5.41) is 23.3. The average Bonchev–Trinajstić information content (AvgIpc) is 2.98. The molecule has 0 saturated heterocycles. The van der Waals surface area contributed by atoms with Crippen molar-refractivity contribution in [2.24, 2.45) is 5.92 Å². The van der Waals surface area contributed by atoms with E-state index in [2.05, 4.69) is 10.6 Å². The van der Waals surface area contributed by atoms with Gasteiger partial charge in [-0.2, -0.15) is 0 Å². The maximum Gasteiger partial charge on any atom is 0.337 e. The predicted octanol–water partition coefficient (Wildman–Crippen LogP) is -1.06. The lowest BCUT2D eigenvalue weighted by atomic mass is 10.1. The molecule has 1 rings (SSSR count). The first-order valence-corrected chi connectivity index (χ1v) is 5.35. The number of rotatable bonds is 7. The first kappa shape index (κ1) is 12.9. The van der Waals surface area contributed by atoms with Gasteiger partial charge in [-0.1, -0.05) is 0 Å². The molecule has 0 spiro atoms. The zero-order valence-corrected chi connectivity index (χ0v) is 9.32. The summed E-state index contributed by atoms with van der Waals surface area (Å²) >= 11 is 0. The van der Waals surface area contributed by atoms with Gasteiger partial charge in [-0.05, 0) is 32.2 Å². The molecule has 0 bridgehead atoms. The Morgan fingerprint density at radius 2 is 2.06 bits per heavy atom. The van der Waals surface area contributed by atoms with Gasteiger partial charge in [0.2, 0.25) is 5.91 Å². The molecular weight excluding hydrogens is 212 g/mol. The van der Waals surface area contributed by atoms with Gasteiger partial charge in [0, 0.05) is 0 Å². The van der Waals surface area contributed by atoms with Gasteiger partial charge in [-0.15, -0.1) is 0 Å². The molecule has 0 aliphatic heterocycles. The van der Waals surface area contributed by atoms with Gasteiger partial charge in [0.05, 0.1) is 13.1 Å². The molecule has 1 atom stereocenters. The van der Waals surface area contributed by atoms with E-state index in [1.807, 2.05) is 0 Å². The molecule has 1 amide bonds. The molecule has 92 valence electrons. The summed E-state index contributed by atoms with van der Waals surface area (Å²) in [6.45, 7) is 1.84. The second kappa shape index (κ2) is 5.27. The zero-order valence-electron chi connectivity index (χ0n) is 9.32. The Kier molecular flexibility index (Phi) is 4.26. The lowest BCUT2D eigenvalue weighted by molar-refractivity contribution is -0.156. The molecular formula is C10H18N2O4. The van der Waals surface area contributed by atoms with Crippen LogP contribution < -0.4 is 10.6 Å². The lowest BCUT2D eigenvalue weighted by Gasteiger charge is -2.18. The fourth-order valence-electron chi connectivity index (χ4n) is 1.12. The van der Waals surface area contributed by atoms with Crippen LogP contribution in [-0.4, -0.2) is 47.3 Å². The Balaban J connectivity index is 2.10. The van der Waals surface area contributed by atoms with E-state index in [1.165, 1.54) is 12.8 Å². The highest BCUT2D eigenvalue weighted by atomic mass is 16.4. The highest BCUT2D eigenvalue weighted by Crippen LogP contribution is 2.27. The molecule has 0 aromatic carbocycles. The minimum Gasteiger partial charge on any atom is -0.479 e. The van der Waals surface area contributed by atoms with Crippen LogP contribution in [0.2, 0.25) is 0 Å². The van der Waals surface area contributed by atoms with Crippen LogP contribution >= 0.6 is 0 Å². The first-order chi connectivity index (χ1) is 7.42. The molecule has 1 unspecified atom stereocenters. The van der Waals surface area contributed by atoms with E-state index in [-0.39, 0.29) is 19.0 Å². The summed E-state index contributed by atoms with van der Waals surface area (Å²) in [6, 6.07) is 0. The first-order valence-electron chi connectivity index (χ1n) is 5.35. The average molecular weight is 230 g/mol. The summed E-state index contributed by atoms with van der Waals surface area (Å²) < 4.78 is 0. The van der Waals surface area contributed by atoms with Crippen molar-refractivity contribution in [1.82, 2.24) is 10.6 Å². The van der Waals surface area contributed by atoms with Crippen molar-refractivity contribution in [2.75, 3.05) is 19.6 Å². The molecule has 0 aromatic heterocycles. The SMILES string of the molecule is CC(O)(CNC(=O)CNCC1CC1)C(=O)O. The second-order valence-electron chi connectivity index (χ2n) is 4.43. The minimum absolute atomic E-state index is 0.159. The number of carboxylic acids is 1. The minimum atomic E-state index is -1.91. The Morgan fingerprint density at radius 3 is 2.56 bits per heavy atom. The van der Waals surface area contributed by atoms with E-state index in [4.69, 9.17) is 5.11 Å². The number of carbonyl (C=O) groups excluding carboxylic acids is 1. The third-order valence-corrected chi connectivity index (χ3v) is 2.51. The maximum atomic E-state index is 11.2. The number of aliphatic hydroxyl groups is 1.